The van der Waals surface area contributed by atoms with Crippen LogP contribution in [-0.4, -0.2) is 5.78 Å². The molecule has 0 aliphatic carbocycles. The number of aromatic nitrogens is 1. The van der Waals surface area contributed by atoms with E-state index in [4.69, 9.17) is 0 Å². The second-order valence-electron chi connectivity index (χ2n) is 4.38. The number of halogens is 1. The Morgan fingerprint density at radius 3 is 2.42 bits per heavy atom. The molecule has 0 bridgehead atoms. The molecule has 0 saturated carbocycles. The summed E-state index contributed by atoms with van der Waals surface area (Å²) in [5, 5.41) is 0. The lowest BCUT2D eigenvalue weighted by Crippen LogP contribution is -3.00. The van der Waals surface area contributed by atoms with Crippen molar-refractivity contribution in [3.05, 3.63) is 66.0 Å². The van der Waals surface area contributed by atoms with Crippen molar-refractivity contribution in [2.24, 2.45) is 0 Å². The van der Waals surface area contributed by atoms with E-state index in [-0.39, 0.29) is 22.8 Å². The zero-order chi connectivity index (χ0) is 12.8. The summed E-state index contributed by atoms with van der Waals surface area (Å²) in [5.41, 5.74) is 1.49. The van der Waals surface area contributed by atoms with Gasteiger partial charge in [-0.3, -0.25) is 4.79 Å². The van der Waals surface area contributed by atoms with Crippen LogP contribution < -0.4 is 21.5 Å². The van der Waals surface area contributed by atoms with Crippen LogP contribution in [0.3, 0.4) is 0 Å². The molecule has 0 aliphatic heterocycles. The monoisotopic (exact) mass is 319 g/mol. The molecule has 0 N–H and O–H groups in total. The van der Waals surface area contributed by atoms with Gasteiger partial charge in [0.2, 0.25) is 0 Å². The van der Waals surface area contributed by atoms with Gasteiger partial charge in [-0.05, 0) is 6.07 Å². The molecule has 1 heterocycles. The van der Waals surface area contributed by atoms with Crippen molar-refractivity contribution in [2.45, 2.75) is 26.3 Å². The summed E-state index contributed by atoms with van der Waals surface area (Å²) >= 11 is 0. The first-order valence-corrected chi connectivity index (χ1v) is 6.40. The smallest absolute Gasteiger partial charge is 0.199 e. The number of aryl methyl sites for hydroxylation is 1. The molecule has 0 fully saturated rings. The van der Waals surface area contributed by atoms with E-state index in [9.17, 15) is 4.79 Å². The Morgan fingerprint density at radius 2 is 1.74 bits per heavy atom. The fourth-order valence-corrected chi connectivity index (χ4v) is 1.89. The number of hydrogen-bond acceptors (Lipinski definition) is 1. The number of carbonyl (C=O) groups is 1. The molecule has 0 radical (unpaired) electrons. The largest absolute Gasteiger partial charge is 1.00 e. The number of hydrogen-bond donors (Lipinski definition) is 0. The van der Waals surface area contributed by atoms with Crippen LogP contribution in [0.25, 0.3) is 0 Å². The molecular weight excluding hydrogens is 302 g/mol. The van der Waals surface area contributed by atoms with Crippen LogP contribution in [0.1, 0.15) is 35.7 Å². The van der Waals surface area contributed by atoms with Crippen molar-refractivity contribution in [3.63, 3.8) is 0 Å². The zero-order valence-corrected chi connectivity index (χ0v) is 12.6. The fraction of sp³-hybridized carbons (Fsp3) is 0.250. The molecule has 1 aromatic carbocycles. The minimum absolute atomic E-state index is 0. The van der Waals surface area contributed by atoms with Crippen LogP contribution in [0.15, 0.2) is 54.9 Å². The first kappa shape index (κ1) is 15.6. The van der Waals surface area contributed by atoms with Crippen LogP contribution in [0.4, 0.5) is 0 Å². The topological polar surface area (TPSA) is 20.9 Å². The average Bonchev–Trinajstić information content (AvgIpc) is 2.45. The molecule has 0 atom stereocenters. The van der Waals surface area contributed by atoms with Crippen molar-refractivity contribution in [2.75, 3.05) is 0 Å². The average molecular weight is 320 g/mol. The summed E-state index contributed by atoms with van der Waals surface area (Å²) in [6.07, 6.45) is 6.24. The molecule has 19 heavy (non-hydrogen) atoms. The van der Waals surface area contributed by atoms with Crippen LogP contribution >= 0.6 is 0 Å². The van der Waals surface area contributed by atoms with E-state index in [0.717, 1.165) is 30.5 Å². The van der Waals surface area contributed by atoms with Gasteiger partial charge in [0.1, 0.15) is 6.54 Å². The van der Waals surface area contributed by atoms with E-state index in [1.165, 1.54) is 0 Å². The molecule has 0 amide bonds. The molecular formula is C16H18BrNO. The number of ketones is 1. The van der Waals surface area contributed by atoms with Gasteiger partial charge in [-0.2, -0.15) is 0 Å². The van der Waals surface area contributed by atoms with Gasteiger partial charge in [-0.15, -0.1) is 0 Å². The molecule has 2 rings (SSSR count). The molecule has 100 valence electrons. The van der Waals surface area contributed by atoms with Gasteiger partial charge >= 0.3 is 0 Å². The van der Waals surface area contributed by atoms with Gasteiger partial charge < -0.3 is 17.0 Å². The molecule has 3 heteroatoms. The molecule has 2 nitrogen and oxygen atoms in total. The summed E-state index contributed by atoms with van der Waals surface area (Å²) in [6, 6.07) is 13.2. The van der Waals surface area contributed by atoms with Gasteiger partial charge in [0.05, 0.1) is 5.56 Å². The molecule has 0 spiro atoms. The molecule has 1 aromatic heterocycles. The standard InChI is InChI=1S/C16H18NO.BrH/c1-2-3-11-17-12-7-10-15(13-17)16(18)14-8-5-4-6-9-14;/h4-10,12-13H,2-3,11H2,1H3;1H/q+1;/p-1. The van der Waals surface area contributed by atoms with E-state index in [2.05, 4.69) is 11.5 Å². The lowest BCUT2D eigenvalue weighted by molar-refractivity contribution is -0.697. The Morgan fingerprint density at radius 1 is 1.05 bits per heavy atom. The zero-order valence-electron chi connectivity index (χ0n) is 11.1. The highest BCUT2D eigenvalue weighted by Crippen LogP contribution is 2.07. The highest BCUT2D eigenvalue weighted by atomic mass is 79.9. The fourth-order valence-electron chi connectivity index (χ4n) is 1.89. The molecule has 0 unspecified atom stereocenters. The van der Waals surface area contributed by atoms with Gasteiger partial charge in [0.15, 0.2) is 18.2 Å². The van der Waals surface area contributed by atoms with E-state index in [1.54, 1.807) is 0 Å². The quantitative estimate of drug-likeness (QED) is 0.562. The normalized spacial score (nSPS) is 9.74. The first-order valence-electron chi connectivity index (χ1n) is 6.40. The van der Waals surface area contributed by atoms with Crippen molar-refractivity contribution in [1.82, 2.24) is 0 Å². The highest BCUT2D eigenvalue weighted by molar-refractivity contribution is 6.08. The van der Waals surface area contributed by atoms with Gasteiger partial charge in [0, 0.05) is 18.1 Å². The summed E-state index contributed by atoms with van der Waals surface area (Å²) in [5.74, 6) is 0.0847. The maximum absolute atomic E-state index is 12.3. The number of unbranched alkanes of at least 4 members (excludes halogenated alkanes) is 1. The number of rotatable bonds is 5. The van der Waals surface area contributed by atoms with E-state index in [1.807, 2.05) is 54.9 Å². The van der Waals surface area contributed by atoms with Crippen LogP contribution in [-0.2, 0) is 6.54 Å². The summed E-state index contributed by atoms with van der Waals surface area (Å²) in [4.78, 5) is 12.3. The minimum atomic E-state index is 0. The Labute approximate surface area is 124 Å². The maximum atomic E-state index is 12.3. The van der Waals surface area contributed by atoms with Crippen molar-refractivity contribution >= 4 is 5.78 Å². The second kappa shape index (κ2) is 7.85. The predicted octanol–water partition coefficient (Wildman–Crippen LogP) is 0.00920. The summed E-state index contributed by atoms with van der Waals surface area (Å²) in [6.45, 7) is 3.13. The SMILES string of the molecule is CCCC[n+]1cccc(C(=O)c2ccccc2)c1.[Br-]. The van der Waals surface area contributed by atoms with Crippen molar-refractivity contribution < 1.29 is 26.3 Å². The van der Waals surface area contributed by atoms with Crippen LogP contribution in [0.5, 0.6) is 0 Å². The minimum Gasteiger partial charge on any atom is -1.00 e. The third-order valence-corrected chi connectivity index (χ3v) is 2.93. The predicted molar refractivity (Wildman–Crippen MR) is 71.4 cm³/mol. The Bertz CT molecular complexity index is 525. The number of pyridine rings is 1. The number of benzene rings is 1. The molecule has 0 aliphatic rings. The lowest BCUT2D eigenvalue weighted by Gasteiger charge is -2.00. The summed E-state index contributed by atoms with van der Waals surface area (Å²) < 4.78 is 2.08. The van der Waals surface area contributed by atoms with Gasteiger partial charge in [-0.1, -0.05) is 43.7 Å². The van der Waals surface area contributed by atoms with Gasteiger partial charge in [-0.25, -0.2) is 4.57 Å². The summed E-state index contributed by atoms with van der Waals surface area (Å²) in [7, 11) is 0. The van der Waals surface area contributed by atoms with Crippen molar-refractivity contribution in [1.29, 1.82) is 0 Å². The lowest BCUT2D eigenvalue weighted by atomic mass is 10.1. The second-order valence-corrected chi connectivity index (χ2v) is 4.38. The number of nitrogens with zero attached hydrogens (tertiary/aromatic N) is 1. The number of carbonyl (C=O) groups excluding carboxylic acids is 1. The Balaban J connectivity index is 0.00000180. The molecule has 0 saturated heterocycles. The third kappa shape index (κ3) is 4.28. The van der Waals surface area contributed by atoms with E-state index >= 15 is 0 Å². The third-order valence-electron chi connectivity index (χ3n) is 2.93. The van der Waals surface area contributed by atoms with E-state index < -0.39 is 0 Å². The van der Waals surface area contributed by atoms with Crippen molar-refractivity contribution in [3.8, 4) is 0 Å². The Hall–Kier alpha value is -1.48. The first-order chi connectivity index (χ1) is 8.81. The Kier molecular flexibility index (Phi) is 6.43. The molecule has 2 aromatic rings. The van der Waals surface area contributed by atoms with Crippen LogP contribution in [0.2, 0.25) is 0 Å². The van der Waals surface area contributed by atoms with E-state index in [0.29, 0.717) is 0 Å². The highest BCUT2D eigenvalue weighted by Gasteiger charge is 2.12. The van der Waals surface area contributed by atoms with Gasteiger partial charge in [0.25, 0.3) is 0 Å². The maximum Gasteiger partial charge on any atom is 0.199 e. The van der Waals surface area contributed by atoms with Crippen LogP contribution in [0, 0.1) is 0 Å².